The topological polar surface area (TPSA) is 111 Å². The summed E-state index contributed by atoms with van der Waals surface area (Å²) in [6, 6.07) is 7.39. The summed E-state index contributed by atoms with van der Waals surface area (Å²) in [5, 5.41) is 18.3. The zero-order chi connectivity index (χ0) is 22.8. The molecule has 10 heteroatoms. The first-order valence-electron chi connectivity index (χ1n) is 10.4. The zero-order valence-corrected chi connectivity index (χ0v) is 18.5. The maximum absolute atomic E-state index is 13.0. The predicted molar refractivity (Wildman–Crippen MR) is 111 cm³/mol. The predicted octanol–water partition coefficient (Wildman–Crippen LogP) is 3.76. The smallest absolute Gasteiger partial charge is 0.314 e. The van der Waals surface area contributed by atoms with Crippen LogP contribution in [0.2, 0.25) is 5.02 Å². The number of rotatable bonds is 7. The van der Waals surface area contributed by atoms with E-state index in [1.165, 1.54) is 0 Å². The minimum atomic E-state index is -0.680. The van der Waals surface area contributed by atoms with Crippen molar-refractivity contribution in [1.29, 1.82) is 0 Å². The van der Waals surface area contributed by atoms with E-state index >= 15 is 0 Å². The van der Waals surface area contributed by atoms with Crippen molar-refractivity contribution in [3.05, 3.63) is 57.9 Å². The van der Waals surface area contributed by atoms with Crippen molar-refractivity contribution in [2.24, 2.45) is 5.92 Å². The van der Waals surface area contributed by atoms with Crippen molar-refractivity contribution in [3.8, 4) is 5.75 Å². The van der Waals surface area contributed by atoms with Crippen LogP contribution in [0.25, 0.3) is 0 Å². The molecule has 9 nitrogen and oxygen atoms in total. The van der Waals surface area contributed by atoms with E-state index in [2.05, 4.69) is 4.98 Å². The normalized spacial score (nSPS) is 24.7. The van der Waals surface area contributed by atoms with Gasteiger partial charge in [-0.3, -0.25) is 20.2 Å². The summed E-state index contributed by atoms with van der Waals surface area (Å²) < 4.78 is 17.4. The van der Waals surface area contributed by atoms with Crippen LogP contribution in [0.1, 0.15) is 48.3 Å². The number of hydrogen-bond acceptors (Lipinski definition) is 9. The van der Waals surface area contributed by atoms with Gasteiger partial charge in [-0.1, -0.05) is 23.7 Å². The molecule has 0 saturated heterocycles. The van der Waals surface area contributed by atoms with Gasteiger partial charge in [0.05, 0.1) is 29.7 Å². The molecule has 1 aromatic carbocycles. The Morgan fingerprint density at radius 3 is 2.66 bits per heavy atom. The Labute approximate surface area is 190 Å². The molecule has 0 radical (unpaired) electrons. The quantitative estimate of drug-likeness (QED) is 0.467. The molecule has 4 atom stereocenters. The lowest BCUT2D eigenvalue weighted by Gasteiger charge is -2.19. The summed E-state index contributed by atoms with van der Waals surface area (Å²) in [6.45, 7) is 4.29. The summed E-state index contributed by atoms with van der Waals surface area (Å²) in [5.41, 5.74) is 3.15. The van der Waals surface area contributed by atoms with Crippen molar-refractivity contribution >= 4 is 17.6 Å². The second-order valence-corrected chi connectivity index (χ2v) is 8.27. The van der Waals surface area contributed by atoms with Crippen LogP contribution in [0, 0.1) is 12.8 Å². The number of esters is 1. The lowest BCUT2D eigenvalue weighted by atomic mass is 10.00. The van der Waals surface area contributed by atoms with Gasteiger partial charge >= 0.3 is 5.97 Å². The highest BCUT2D eigenvalue weighted by molar-refractivity contribution is 6.30. The van der Waals surface area contributed by atoms with Crippen molar-refractivity contribution < 1.29 is 34.3 Å². The number of carbonyl (C=O) groups is 1. The third-order valence-corrected chi connectivity index (χ3v) is 6.04. The molecular formula is C22H25ClN2O7. The van der Waals surface area contributed by atoms with Gasteiger partial charge < -0.3 is 14.2 Å². The molecule has 2 aromatic rings. The Morgan fingerprint density at radius 1 is 1.25 bits per heavy atom. The monoisotopic (exact) mass is 464 g/mol. The Bertz CT molecular complexity index is 969. The number of aromatic nitrogens is 1. The zero-order valence-electron chi connectivity index (χ0n) is 17.7. The van der Waals surface area contributed by atoms with Crippen molar-refractivity contribution in [3.63, 3.8) is 0 Å². The molecule has 1 aliphatic carbocycles. The number of carbonyl (C=O) groups excluding carboxylic acids is 1. The van der Waals surface area contributed by atoms with Crippen molar-refractivity contribution in [2.45, 2.75) is 51.6 Å². The van der Waals surface area contributed by atoms with Crippen LogP contribution >= 0.6 is 11.6 Å². The summed E-state index contributed by atoms with van der Waals surface area (Å²) in [7, 11) is 0. The summed E-state index contributed by atoms with van der Waals surface area (Å²) >= 11 is 5.99. The van der Waals surface area contributed by atoms with Gasteiger partial charge in [-0.2, -0.15) is 0 Å². The number of aryl methyl sites for hydroxylation is 1. The van der Waals surface area contributed by atoms with Crippen LogP contribution in [0.3, 0.4) is 0 Å². The van der Waals surface area contributed by atoms with Gasteiger partial charge in [0, 0.05) is 29.0 Å². The van der Waals surface area contributed by atoms with E-state index in [-0.39, 0.29) is 24.5 Å². The number of ether oxygens (including phenoxy) is 3. The highest BCUT2D eigenvalue weighted by Crippen LogP contribution is 2.42. The van der Waals surface area contributed by atoms with E-state index in [9.17, 15) is 4.79 Å². The van der Waals surface area contributed by atoms with Gasteiger partial charge in [-0.05, 0) is 44.4 Å². The third kappa shape index (κ3) is 4.79. The van der Waals surface area contributed by atoms with Crippen LogP contribution in [0.4, 0.5) is 0 Å². The van der Waals surface area contributed by atoms with Crippen LogP contribution < -0.4 is 4.74 Å². The SMILES string of the molecule is CCOC1CC(C(=O)Oc2c(C)ncc3c2CO[C@H]3c2ccc(Cl)cc2)C[C@@H]1ON(O)O. The van der Waals surface area contributed by atoms with Crippen LogP contribution in [0.15, 0.2) is 30.5 Å². The minimum Gasteiger partial charge on any atom is -0.424 e. The molecule has 172 valence electrons. The summed E-state index contributed by atoms with van der Waals surface area (Å²) in [4.78, 5) is 22.3. The Kier molecular flexibility index (Phi) is 7.06. The van der Waals surface area contributed by atoms with E-state index < -0.39 is 24.1 Å². The number of halogens is 1. The maximum Gasteiger partial charge on any atom is 0.314 e. The Morgan fingerprint density at radius 2 is 1.97 bits per heavy atom. The van der Waals surface area contributed by atoms with E-state index in [1.54, 1.807) is 25.3 Å². The summed E-state index contributed by atoms with van der Waals surface area (Å²) in [5.74, 6) is -0.579. The molecule has 0 spiro atoms. The Balaban J connectivity index is 1.52. The van der Waals surface area contributed by atoms with E-state index in [0.717, 1.165) is 16.7 Å². The molecule has 1 aliphatic heterocycles. The molecular weight excluding hydrogens is 440 g/mol. The molecule has 2 aliphatic rings. The van der Waals surface area contributed by atoms with Gasteiger partial charge in [-0.15, -0.1) is 0 Å². The van der Waals surface area contributed by atoms with Crippen molar-refractivity contribution in [2.75, 3.05) is 6.61 Å². The molecule has 1 fully saturated rings. The molecule has 2 N–H and O–H groups in total. The minimum absolute atomic E-state index is 0.229. The van der Waals surface area contributed by atoms with Gasteiger partial charge in [-0.25, -0.2) is 4.84 Å². The average molecular weight is 465 g/mol. The molecule has 1 saturated carbocycles. The summed E-state index contributed by atoms with van der Waals surface area (Å²) in [6.07, 6.45) is 0.858. The Hall–Kier alpha value is -2.11. The fraction of sp³-hybridized carbons (Fsp3) is 0.455. The number of nitrogens with zero attached hydrogens (tertiary/aromatic N) is 2. The first-order valence-corrected chi connectivity index (χ1v) is 10.8. The fourth-order valence-electron chi connectivity index (χ4n) is 4.29. The molecule has 0 bridgehead atoms. The van der Waals surface area contributed by atoms with E-state index in [0.29, 0.717) is 29.5 Å². The number of pyridine rings is 1. The lowest BCUT2D eigenvalue weighted by molar-refractivity contribution is -0.508. The molecule has 4 rings (SSSR count). The van der Waals surface area contributed by atoms with Crippen LogP contribution in [-0.2, 0) is 25.7 Å². The molecule has 1 aromatic heterocycles. The highest BCUT2D eigenvalue weighted by atomic mass is 35.5. The average Bonchev–Trinajstić information content (AvgIpc) is 3.35. The van der Waals surface area contributed by atoms with Crippen LogP contribution in [0.5, 0.6) is 5.75 Å². The molecule has 0 amide bonds. The lowest BCUT2D eigenvalue weighted by Crippen LogP contribution is -2.32. The van der Waals surface area contributed by atoms with Gasteiger partial charge in [0.15, 0.2) is 5.75 Å². The van der Waals surface area contributed by atoms with Gasteiger partial charge in [0.2, 0.25) is 0 Å². The largest absolute Gasteiger partial charge is 0.424 e. The fourth-order valence-corrected chi connectivity index (χ4v) is 4.42. The highest BCUT2D eigenvalue weighted by Gasteiger charge is 2.42. The van der Waals surface area contributed by atoms with E-state index in [4.69, 9.17) is 41.1 Å². The third-order valence-electron chi connectivity index (χ3n) is 5.79. The first kappa shape index (κ1) is 23.1. The molecule has 2 heterocycles. The second kappa shape index (κ2) is 9.80. The maximum atomic E-state index is 13.0. The van der Waals surface area contributed by atoms with Gasteiger partial charge in [0.25, 0.3) is 0 Å². The standard InChI is InChI=1S/C22H25ClN2O7/c1-3-29-18-8-14(9-19(18)32-25(27)28)22(26)31-20-12(2)24-10-16-17(20)11-30-21(16)13-4-6-15(23)7-5-13/h4-7,10,14,18-19,21,27-28H,3,8-9,11H2,1-2H3/t14?,18?,19-,21-/m0/s1. The molecule has 2 unspecified atom stereocenters. The second-order valence-electron chi connectivity index (χ2n) is 7.83. The first-order chi connectivity index (χ1) is 15.4. The number of fused-ring (bicyclic) bond motifs is 1. The number of hydrogen-bond donors (Lipinski definition) is 2. The van der Waals surface area contributed by atoms with Crippen LogP contribution in [-0.4, -0.2) is 45.6 Å². The number of benzene rings is 1. The molecule has 32 heavy (non-hydrogen) atoms. The van der Waals surface area contributed by atoms with Gasteiger partial charge in [0.1, 0.15) is 12.2 Å². The van der Waals surface area contributed by atoms with Crippen molar-refractivity contribution in [1.82, 2.24) is 10.4 Å². The van der Waals surface area contributed by atoms with E-state index in [1.807, 2.05) is 19.1 Å².